The summed E-state index contributed by atoms with van der Waals surface area (Å²) in [5.74, 6) is 1.89. The molecule has 0 saturated carbocycles. The van der Waals surface area contributed by atoms with E-state index in [-0.39, 0.29) is 27.1 Å². The number of nitrogens with one attached hydrogen (secondary N) is 1. The third kappa shape index (κ3) is 2.98. The zero-order valence-electron chi connectivity index (χ0n) is 10.7. The van der Waals surface area contributed by atoms with Crippen LogP contribution < -0.4 is 15.7 Å². The minimum atomic E-state index is -0.681. The van der Waals surface area contributed by atoms with Gasteiger partial charge in [0.05, 0.1) is 0 Å². The monoisotopic (exact) mass is 336 g/mol. The van der Waals surface area contributed by atoms with E-state index >= 15 is 0 Å². The molecule has 19 heavy (non-hydrogen) atoms. The van der Waals surface area contributed by atoms with Gasteiger partial charge in [0.1, 0.15) is 0 Å². The number of H-pyrrole nitrogens is 1. The Morgan fingerprint density at radius 2 is 2.37 bits per heavy atom. The van der Waals surface area contributed by atoms with Gasteiger partial charge in [-0.25, -0.2) is 0 Å². The van der Waals surface area contributed by atoms with Crippen molar-refractivity contribution in [1.29, 1.82) is 0 Å². The quantitative estimate of drug-likeness (QED) is 0.634. The van der Waals surface area contributed by atoms with Crippen molar-refractivity contribution in [3.05, 3.63) is 27.0 Å². The number of aromatic amines is 1. The van der Waals surface area contributed by atoms with Crippen LogP contribution in [0.1, 0.15) is 12.6 Å². The molecule has 0 unspecified atom stereocenters. The number of aromatic nitrogens is 2. The summed E-state index contributed by atoms with van der Waals surface area (Å²) in [7, 11) is 1.52. The molecule has 2 rings (SSSR count). The third-order valence-corrected chi connectivity index (χ3v) is 4.53. The van der Waals surface area contributed by atoms with Gasteiger partial charge in [-0.1, -0.05) is 0 Å². The third-order valence-electron chi connectivity index (χ3n) is 3.00. The topological polar surface area (TPSA) is 93.5 Å². The predicted octanol–water partition coefficient (Wildman–Crippen LogP) is -1.79. The van der Waals surface area contributed by atoms with Crippen LogP contribution in [-0.2, 0) is 9.47 Å². The van der Waals surface area contributed by atoms with E-state index in [9.17, 15) is 14.7 Å². The molecule has 1 fully saturated rings. The molecule has 0 spiro atoms. The Morgan fingerprint density at radius 1 is 1.63 bits per heavy atom. The van der Waals surface area contributed by atoms with E-state index in [4.69, 9.17) is 9.47 Å². The van der Waals surface area contributed by atoms with Gasteiger partial charge < -0.3 is 0 Å². The van der Waals surface area contributed by atoms with Gasteiger partial charge in [0.15, 0.2) is 0 Å². The van der Waals surface area contributed by atoms with Gasteiger partial charge in [0, 0.05) is 0 Å². The molecule has 0 aliphatic carbocycles. The van der Waals surface area contributed by atoms with Crippen LogP contribution >= 0.6 is 0 Å². The second-order valence-electron chi connectivity index (χ2n) is 4.25. The molecule has 3 atom stereocenters. The first kappa shape index (κ1) is 14.5. The van der Waals surface area contributed by atoms with Gasteiger partial charge in [-0.3, -0.25) is 0 Å². The maximum atomic E-state index is 11.8. The summed E-state index contributed by atoms with van der Waals surface area (Å²) in [6.45, 7) is 0.264. The van der Waals surface area contributed by atoms with Crippen molar-refractivity contribution in [2.75, 3.05) is 13.7 Å². The molecule has 8 heteroatoms. The Bertz CT molecular complexity index is 555. The molecule has 1 aliphatic heterocycles. The molecule has 1 aromatic heterocycles. The Labute approximate surface area is 115 Å². The summed E-state index contributed by atoms with van der Waals surface area (Å²) < 4.78 is 12.4. The van der Waals surface area contributed by atoms with E-state index < -0.39 is 24.1 Å². The molecule has 2 N–H and O–H groups in total. The fourth-order valence-electron chi connectivity index (χ4n) is 2.03. The van der Waals surface area contributed by atoms with Crippen LogP contribution in [0.5, 0.6) is 0 Å². The van der Waals surface area contributed by atoms with Crippen LogP contribution in [0.4, 0.5) is 0 Å². The van der Waals surface area contributed by atoms with Gasteiger partial charge in [0.2, 0.25) is 0 Å². The van der Waals surface area contributed by atoms with Crippen molar-refractivity contribution >= 4 is 19.4 Å². The van der Waals surface area contributed by atoms with E-state index in [1.165, 1.54) is 17.9 Å². The Morgan fingerprint density at radius 3 is 3.00 bits per heavy atom. The van der Waals surface area contributed by atoms with Crippen LogP contribution in [-0.4, -0.2) is 55.5 Å². The van der Waals surface area contributed by atoms with E-state index in [0.717, 1.165) is 0 Å². The second kappa shape index (κ2) is 6.02. The first-order valence-corrected chi connectivity index (χ1v) is 8.35. The number of nitrogens with zero attached hydrogens (tertiary/aromatic N) is 1. The van der Waals surface area contributed by atoms with Crippen LogP contribution in [0.3, 0.4) is 0 Å². The zero-order chi connectivity index (χ0) is 14.0. The first-order valence-electron chi connectivity index (χ1n) is 5.78. The molecule has 1 aliphatic rings. The summed E-state index contributed by atoms with van der Waals surface area (Å²) in [5, 5.41) is 9.84. The van der Waals surface area contributed by atoms with Gasteiger partial charge in [-0.15, -0.1) is 0 Å². The maximum absolute atomic E-state index is 11.8. The summed E-state index contributed by atoms with van der Waals surface area (Å²) in [5.41, 5.74) is -0.871. The van der Waals surface area contributed by atoms with Crippen molar-refractivity contribution in [2.45, 2.75) is 30.7 Å². The van der Waals surface area contributed by atoms with E-state index in [1.807, 2.05) is 5.82 Å². The number of hydrogen-bond donors (Lipinski definition) is 2. The van der Waals surface area contributed by atoms with Crippen LogP contribution in [0.2, 0.25) is 5.82 Å². The van der Waals surface area contributed by atoms with E-state index in [1.54, 1.807) is 0 Å². The average molecular weight is 335 g/mol. The predicted molar refractivity (Wildman–Crippen MR) is 69.0 cm³/mol. The molecule has 0 aromatic carbocycles. The molecule has 2 heterocycles. The zero-order valence-corrected chi connectivity index (χ0v) is 12.4. The Kier molecular flexibility index (Phi) is 4.59. The van der Waals surface area contributed by atoms with Gasteiger partial charge >= 0.3 is 115 Å². The average Bonchev–Trinajstić information content (AvgIpc) is 2.71. The number of hydrogen-bond acceptors (Lipinski definition) is 5. The normalized spacial score (nSPS) is 26.8. The van der Waals surface area contributed by atoms with Gasteiger partial charge in [0.25, 0.3) is 0 Å². The van der Waals surface area contributed by atoms with E-state index in [2.05, 4.69) is 4.98 Å². The molecule has 1 aromatic rings. The molecular weight excluding hydrogens is 319 g/mol. The number of methoxy groups -OCH3 is 1. The standard InChI is InChI=1S/C11H16N2O5Se/c1-17-5-7-6(14)3-9(18-7)13-4-8(19-2)10(15)12-11(13)16/h4,6-7,9,14H,3,5H2,1-2H3,(H,12,15,16)/t6-,7+,9+/m0/s1. The van der Waals surface area contributed by atoms with Crippen molar-refractivity contribution in [1.82, 2.24) is 9.55 Å². The Hall–Kier alpha value is -0.921. The van der Waals surface area contributed by atoms with Crippen molar-refractivity contribution < 1.29 is 14.6 Å². The minimum absolute atomic E-state index is 0.0216. The van der Waals surface area contributed by atoms with Gasteiger partial charge in [-0.05, 0) is 0 Å². The molecule has 0 amide bonds. The van der Waals surface area contributed by atoms with Crippen molar-refractivity contribution in [3.63, 3.8) is 0 Å². The van der Waals surface area contributed by atoms with Crippen LogP contribution in [0, 0.1) is 0 Å². The fraction of sp³-hybridized carbons (Fsp3) is 0.636. The van der Waals surface area contributed by atoms with Gasteiger partial charge in [-0.2, -0.15) is 0 Å². The first-order chi connectivity index (χ1) is 9.06. The SMILES string of the molecule is COC[C@H]1O[C@@H](n2cc([Se]C)c(=O)[nH]c2=O)C[C@@H]1O. The molecular formula is C11H16N2O5Se. The summed E-state index contributed by atoms with van der Waals surface area (Å²) in [4.78, 5) is 25.6. The number of aliphatic hydroxyl groups is 1. The fourth-order valence-corrected chi connectivity index (χ4v) is 2.98. The number of aliphatic hydroxyl groups excluding tert-OH is 1. The molecule has 0 radical (unpaired) electrons. The van der Waals surface area contributed by atoms with Crippen LogP contribution in [0.25, 0.3) is 0 Å². The summed E-state index contributed by atoms with van der Waals surface area (Å²) >= 11 is -0.0216. The Balaban J connectivity index is 2.28. The number of rotatable bonds is 4. The van der Waals surface area contributed by atoms with Crippen molar-refractivity contribution in [2.24, 2.45) is 0 Å². The molecule has 7 nitrogen and oxygen atoms in total. The van der Waals surface area contributed by atoms with Crippen molar-refractivity contribution in [3.8, 4) is 0 Å². The van der Waals surface area contributed by atoms with E-state index in [0.29, 0.717) is 10.9 Å². The molecule has 1 saturated heterocycles. The molecule has 106 valence electrons. The summed E-state index contributed by atoms with van der Waals surface area (Å²) in [6, 6.07) is 0. The second-order valence-corrected chi connectivity index (χ2v) is 6.03. The summed E-state index contributed by atoms with van der Waals surface area (Å²) in [6.07, 6.45) is 0.119. The molecule has 0 bridgehead atoms. The number of ether oxygens (including phenoxy) is 2. The van der Waals surface area contributed by atoms with Crippen LogP contribution in [0.15, 0.2) is 15.8 Å².